The van der Waals surface area contributed by atoms with Gasteiger partial charge in [-0.25, -0.2) is 14.8 Å². The summed E-state index contributed by atoms with van der Waals surface area (Å²) in [5.41, 5.74) is 3.65. The summed E-state index contributed by atoms with van der Waals surface area (Å²) in [6, 6.07) is 11.6. The molecule has 1 amide bonds. The van der Waals surface area contributed by atoms with E-state index >= 15 is 0 Å². The van der Waals surface area contributed by atoms with Crippen LogP contribution in [0.15, 0.2) is 61.3 Å². The lowest BCUT2D eigenvalue weighted by molar-refractivity contribution is 0.0829. The van der Waals surface area contributed by atoms with E-state index in [0.29, 0.717) is 24.7 Å². The summed E-state index contributed by atoms with van der Waals surface area (Å²) in [6.07, 6.45) is 6.99. The van der Waals surface area contributed by atoms with Crippen molar-refractivity contribution in [1.29, 1.82) is 0 Å². The van der Waals surface area contributed by atoms with Crippen molar-refractivity contribution in [3.05, 3.63) is 66.3 Å². The summed E-state index contributed by atoms with van der Waals surface area (Å²) in [4.78, 5) is 30.3. The highest BCUT2D eigenvalue weighted by Gasteiger charge is 2.35. The van der Waals surface area contributed by atoms with Gasteiger partial charge in [0, 0.05) is 65.6 Å². The van der Waals surface area contributed by atoms with Gasteiger partial charge in [-0.05, 0) is 45.0 Å². The first kappa shape index (κ1) is 23.1. The first-order valence-corrected chi connectivity index (χ1v) is 12.1. The molecule has 1 aromatic carbocycles. The minimum absolute atomic E-state index is 0.0324. The predicted molar refractivity (Wildman–Crippen MR) is 137 cm³/mol. The van der Waals surface area contributed by atoms with Gasteiger partial charge in [-0.3, -0.25) is 4.98 Å². The van der Waals surface area contributed by atoms with Crippen molar-refractivity contribution in [2.24, 2.45) is 0 Å². The number of fused-ring (bicyclic) bond motifs is 1. The van der Waals surface area contributed by atoms with Crippen molar-refractivity contribution < 1.29 is 9.53 Å². The van der Waals surface area contributed by atoms with Crippen molar-refractivity contribution in [3.63, 3.8) is 0 Å². The maximum atomic E-state index is 12.5. The number of ether oxygens (including phenoxy) is 1. The highest BCUT2D eigenvalue weighted by Crippen LogP contribution is 2.38. The van der Waals surface area contributed by atoms with Crippen LogP contribution in [0.5, 0.6) is 0 Å². The van der Waals surface area contributed by atoms with Crippen LogP contribution < -0.4 is 4.90 Å². The fraction of sp³-hybridized carbons (Fsp3) is 0.308. The van der Waals surface area contributed by atoms with E-state index < -0.39 is 0 Å². The van der Waals surface area contributed by atoms with E-state index in [4.69, 9.17) is 21.3 Å². The van der Waals surface area contributed by atoms with Crippen LogP contribution in [0.1, 0.15) is 20.8 Å². The second-order valence-corrected chi connectivity index (χ2v) is 9.17. The van der Waals surface area contributed by atoms with Crippen LogP contribution >= 0.6 is 11.6 Å². The average Bonchev–Trinajstić information content (AvgIpc) is 3.26. The minimum atomic E-state index is -0.275. The van der Waals surface area contributed by atoms with Gasteiger partial charge in [0.25, 0.3) is 0 Å². The highest BCUT2D eigenvalue weighted by molar-refractivity contribution is 6.30. The maximum Gasteiger partial charge on any atom is 0.410 e. The van der Waals surface area contributed by atoms with Gasteiger partial charge in [0.1, 0.15) is 12.1 Å². The van der Waals surface area contributed by atoms with Gasteiger partial charge in [0.05, 0.1) is 12.0 Å². The molecule has 0 radical (unpaired) electrons. The van der Waals surface area contributed by atoms with Crippen LogP contribution in [0.4, 0.5) is 10.6 Å². The summed E-state index contributed by atoms with van der Waals surface area (Å²) >= 11 is 6.31. The molecule has 0 bridgehead atoms. The van der Waals surface area contributed by atoms with E-state index in [1.54, 1.807) is 17.4 Å². The van der Waals surface area contributed by atoms with Gasteiger partial charge >= 0.3 is 6.09 Å². The molecule has 0 aliphatic carbocycles. The van der Waals surface area contributed by atoms with Crippen LogP contribution in [0.3, 0.4) is 0 Å². The van der Waals surface area contributed by atoms with Crippen molar-refractivity contribution in [1.82, 2.24) is 24.4 Å². The molecule has 0 saturated carbocycles. The van der Waals surface area contributed by atoms with Crippen molar-refractivity contribution in [3.8, 4) is 16.8 Å². The second kappa shape index (κ2) is 9.54. The van der Waals surface area contributed by atoms with Crippen LogP contribution in [-0.4, -0.2) is 62.3 Å². The van der Waals surface area contributed by atoms with E-state index in [-0.39, 0.29) is 18.2 Å². The number of nitrogens with zero attached hydrogens (tertiary/aromatic N) is 6. The molecule has 3 aromatic heterocycles. The van der Waals surface area contributed by atoms with E-state index in [9.17, 15) is 4.79 Å². The number of halogens is 1. The summed E-state index contributed by atoms with van der Waals surface area (Å²) in [7, 11) is 0. The number of benzene rings is 1. The van der Waals surface area contributed by atoms with Crippen LogP contribution in [0.25, 0.3) is 27.8 Å². The molecule has 1 saturated heterocycles. The molecule has 180 valence electrons. The molecule has 8 nitrogen and oxygen atoms in total. The van der Waals surface area contributed by atoms with Gasteiger partial charge in [-0.1, -0.05) is 23.7 Å². The van der Waals surface area contributed by atoms with Crippen molar-refractivity contribution in [2.75, 3.05) is 24.6 Å². The number of carbonyl (C=O) groups excluding carboxylic acids is 1. The normalized spacial score (nSPS) is 18.2. The Labute approximate surface area is 209 Å². The number of amides is 1. The third-order valence-corrected chi connectivity index (χ3v) is 6.62. The molecular formula is C26H27ClN6O2. The number of anilines is 1. The second-order valence-electron chi connectivity index (χ2n) is 8.73. The molecule has 0 spiro atoms. The predicted octanol–water partition coefficient (Wildman–Crippen LogP) is 5.19. The van der Waals surface area contributed by atoms with Crippen molar-refractivity contribution >= 4 is 34.5 Å². The Hall–Kier alpha value is -3.65. The summed E-state index contributed by atoms with van der Waals surface area (Å²) in [5.74, 6) is 0.831. The Morgan fingerprint density at radius 1 is 1.14 bits per heavy atom. The lowest BCUT2D eigenvalue weighted by Crippen LogP contribution is -2.58. The summed E-state index contributed by atoms with van der Waals surface area (Å²) in [5, 5.41) is 1.59. The molecule has 5 rings (SSSR count). The molecule has 35 heavy (non-hydrogen) atoms. The van der Waals surface area contributed by atoms with Crippen LogP contribution in [0, 0.1) is 0 Å². The smallest absolute Gasteiger partial charge is 0.410 e. The molecule has 0 N–H and O–H groups in total. The van der Waals surface area contributed by atoms with E-state index in [1.807, 2.05) is 61.0 Å². The number of aromatic nitrogens is 4. The van der Waals surface area contributed by atoms with Crippen LogP contribution in [0.2, 0.25) is 5.02 Å². The zero-order valence-corrected chi connectivity index (χ0v) is 20.7. The summed E-state index contributed by atoms with van der Waals surface area (Å²) in [6.45, 7) is 7.49. The number of carbonyl (C=O) groups is 1. The third kappa shape index (κ3) is 4.30. The molecule has 9 heteroatoms. The third-order valence-electron chi connectivity index (χ3n) is 6.38. The van der Waals surface area contributed by atoms with Crippen LogP contribution in [-0.2, 0) is 4.74 Å². The van der Waals surface area contributed by atoms with Gasteiger partial charge < -0.3 is 19.1 Å². The van der Waals surface area contributed by atoms with Gasteiger partial charge in [0.2, 0.25) is 0 Å². The molecule has 4 aromatic rings. The van der Waals surface area contributed by atoms with Crippen molar-refractivity contribution in [2.45, 2.75) is 32.9 Å². The minimum Gasteiger partial charge on any atom is -0.450 e. The zero-order chi connectivity index (χ0) is 24.5. The lowest BCUT2D eigenvalue weighted by Gasteiger charge is -2.44. The van der Waals surface area contributed by atoms with E-state index in [0.717, 1.165) is 33.7 Å². The lowest BCUT2D eigenvalue weighted by atomic mass is 10.1. The number of piperazine rings is 1. The Balaban J connectivity index is 1.65. The topological polar surface area (TPSA) is 76.4 Å². The molecule has 4 heterocycles. The van der Waals surface area contributed by atoms with E-state index in [2.05, 4.69) is 28.0 Å². The summed E-state index contributed by atoms with van der Waals surface area (Å²) < 4.78 is 7.31. The molecule has 1 fully saturated rings. The Morgan fingerprint density at radius 3 is 2.74 bits per heavy atom. The number of rotatable bonds is 4. The monoisotopic (exact) mass is 490 g/mol. The fourth-order valence-corrected chi connectivity index (χ4v) is 4.89. The first-order valence-electron chi connectivity index (χ1n) is 11.7. The number of hydrogen-bond donors (Lipinski definition) is 0. The standard InChI is InChI=1S/C26H27ClN6O2/c1-4-35-26(34)32-14-17(2)31(13-18(32)3)24-23-22(19-7-6-10-28-12-19)15-33(25(23)30-16-29-24)21-9-5-8-20(27)11-21/h5-12,15-18H,4,13-14H2,1-3H3/t17-,18+/m0/s1. The van der Waals surface area contributed by atoms with Gasteiger partial charge in [0.15, 0.2) is 5.65 Å². The van der Waals surface area contributed by atoms with Gasteiger partial charge in [-0.15, -0.1) is 0 Å². The molecular weight excluding hydrogens is 464 g/mol. The number of pyridine rings is 1. The van der Waals surface area contributed by atoms with E-state index in [1.165, 1.54) is 0 Å². The Bertz CT molecular complexity index is 1360. The number of hydrogen-bond acceptors (Lipinski definition) is 6. The molecule has 1 aliphatic heterocycles. The quantitative estimate of drug-likeness (QED) is 0.392. The largest absolute Gasteiger partial charge is 0.450 e. The first-order chi connectivity index (χ1) is 17.0. The molecule has 0 unspecified atom stereocenters. The Kier molecular flexibility index (Phi) is 6.30. The highest BCUT2D eigenvalue weighted by atomic mass is 35.5. The van der Waals surface area contributed by atoms with Gasteiger partial charge in [-0.2, -0.15) is 0 Å². The Morgan fingerprint density at radius 2 is 2.00 bits per heavy atom. The SMILES string of the molecule is CCOC(=O)N1C[C@H](C)N(c2ncnc3c2c(-c2cccnc2)cn3-c2cccc(Cl)c2)C[C@H]1C. The maximum absolute atomic E-state index is 12.5. The zero-order valence-electron chi connectivity index (χ0n) is 19.9. The molecule has 1 aliphatic rings. The fourth-order valence-electron chi connectivity index (χ4n) is 4.71. The molecule has 2 atom stereocenters. The average molecular weight is 491 g/mol.